The number of hydrogen-bond donors (Lipinski definition) is 1. The summed E-state index contributed by atoms with van der Waals surface area (Å²) in [6.07, 6.45) is 0.842. The summed E-state index contributed by atoms with van der Waals surface area (Å²) in [5.41, 5.74) is 9.76. The zero-order chi connectivity index (χ0) is 18.5. The fraction of sp³-hybridized carbons (Fsp3) is 0.304. The lowest BCUT2D eigenvalue weighted by molar-refractivity contribution is 0.337. The second-order valence-electron chi connectivity index (χ2n) is 6.56. The van der Waals surface area contributed by atoms with Crippen molar-refractivity contribution in [1.29, 1.82) is 0 Å². The van der Waals surface area contributed by atoms with Crippen LogP contribution in [0.2, 0.25) is 0 Å². The van der Waals surface area contributed by atoms with Gasteiger partial charge in [0.15, 0.2) is 0 Å². The molecule has 0 saturated heterocycles. The minimum absolute atomic E-state index is 0.226. The van der Waals surface area contributed by atoms with Gasteiger partial charge in [-0.25, -0.2) is 0 Å². The van der Waals surface area contributed by atoms with Gasteiger partial charge in [0.2, 0.25) is 0 Å². The van der Waals surface area contributed by atoms with E-state index in [9.17, 15) is 0 Å². The molecule has 0 aliphatic carbocycles. The first-order valence-electron chi connectivity index (χ1n) is 9.16. The highest BCUT2D eigenvalue weighted by molar-refractivity contribution is 5.87. The summed E-state index contributed by atoms with van der Waals surface area (Å²) in [6.45, 7) is 5.34. The first-order valence-corrected chi connectivity index (χ1v) is 9.16. The van der Waals surface area contributed by atoms with Crippen LogP contribution in [0.5, 0.6) is 11.5 Å². The van der Waals surface area contributed by atoms with Crippen LogP contribution in [0.1, 0.15) is 29.5 Å². The van der Waals surface area contributed by atoms with E-state index in [2.05, 4.69) is 61.5 Å². The van der Waals surface area contributed by atoms with E-state index in [4.69, 9.17) is 15.2 Å². The molecule has 0 heterocycles. The van der Waals surface area contributed by atoms with Gasteiger partial charge >= 0.3 is 0 Å². The molecule has 3 rings (SSSR count). The molecule has 0 spiro atoms. The smallest absolute Gasteiger partial charge is 0.122 e. The van der Waals surface area contributed by atoms with Gasteiger partial charge in [-0.3, -0.25) is 0 Å². The van der Waals surface area contributed by atoms with Crippen molar-refractivity contribution in [2.45, 2.75) is 26.2 Å². The molecule has 26 heavy (non-hydrogen) atoms. The van der Waals surface area contributed by atoms with Crippen LogP contribution in [-0.4, -0.2) is 20.3 Å². The van der Waals surface area contributed by atoms with E-state index in [-0.39, 0.29) is 5.92 Å². The highest BCUT2D eigenvalue weighted by atomic mass is 16.5. The van der Waals surface area contributed by atoms with Gasteiger partial charge in [-0.05, 0) is 60.8 Å². The van der Waals surface area contributed by atoms with Crippen molar-refractivity contribution in [3.8, 4) is 11.5 Å². The van der Waals surface area contributed by atoms with E-state index < -0.39 is 0 Å². The molecule has 0 radical (unpaired) electrons. The molecule has 3 aromatic rings. The van der Waals surface area contributed by atoms with Gasteiger partial charge in [-0.15, -0.1) is 0 Å². The third kappa shape index (κ3) is 3.68. The number of ether oxygens (including phenoxy) is 2. The number of methoxy groups -OCH3 is 1. The predicted molar refractivity (Wildman–Crippen MR) is 108 cm³/mol. The summed E-state index contributed by atoms with van der Waals surface area (Å²) in [7, 11) is 1.73. The molecule has 0 amide bonds. The molecule has 3 aromatic carbocycles. The van der Waals surface area contributed by atoms with Crippen LogP contribution in [-0.2, 0) is 6.42 Å². The Morgan fingerprint density at radius 3 is 2.46 bits per heavy atom. The quantitative estimate of drug-likeness (QED) is 0.664. The molecule has 0 saturated carbocycles. The summed E-state index contributed by atoms with van der Waals surface area (Å²) in [5.74, 6) is 2.09. The maximum Gasteiger partial charge on any atom is 0.122 e. The molecular weight excluding hydrogens is 322 g/mol. The van der Waals surface area contributed by atoms with Gasteiger partial charge in [0.1, 0.15) is 11.5 Å². The third-order valence-corrected chi connectivity index (χ3v) is 4.92. The Bertz CT molecular complexity index is 889. The van der Waals surface area contributed by atoms with Crippen LogP contribution in [0.4, 0.5) is 0 Å². The number of benzene rings is 3. The Balaban J connectivity index is 1.98. The number of rotatable bonds is 7. The van der Waals surface area contributed by atoms with Crippen LogP contribution in [0.25, 0.3) is 10.8 Å². The monoisotopic (exact) mass is 349 g/mol. The molecule has 0 bridgehead atoms. The topological polar surface area (TPSA) is 44.5 Å². The van der Waals surface area contributed by atoms with E-state index in [0.717, 1.165) is 23.5 Å². The lowest BCUT2D eigenvalue weighted by Crippen LogP contribution is -2.16. The first-order chi connectivity index (χ1) is 12.7. The van der Waals surface area contributed by atoms with Crippen molar-refractivity contribution in [2.75, 3.05) is 20.3 Å². The SMILES string of the molecule is CCOc1ccc(C(CN)Cc2c(OC)ccc3ccccc23)cc1C. The molecule has 3 heteroatoms. The lowest BCUT2D eigenvalue weighted by atomic mass is 9.88. The van der Waals surface area contributed by atoms with Gasteiger partial charge in [-0.2, -0.15) is 0 Å². The maximum atomic E-state index is 6.16. The van der Waals surface area contributed by atoms with Gasteiger partial charge in [-0.1, -0.05) is 42.5 Å². The van der Waals surface area contributed by atoms with E-state index in [1.807, 2.05) is 6.92 Å². The van der Waals surface area contributed by atoms with Crippen molar-refractivity contribution in [2.24, 2.45) is 5.73 Å². The summed E-state index contributed by atoms with van der Waals surface area (Å²) in [4.78, 5) is 0. The second kappa shape index (κ2) is 8.24. The summed E-state index contributed by atoms with van der Waals surface area (Å²) in [5, 5.41) is 2.45. The van der Waals surface area contributed by atoms with E-state index in [1.54, 1.807) is 7.11 Å². The fourth-order valence-electron chi connectivity index (χ4n) is 3.55. The van der Waals surface area contributed by atoms with Crippen molar-refractivity contribution in [1.82, 2.24) is 0 Å². The van der Waals surface area contributed by atoms with E-state index >= 15 is 0 Å². The molecule has 1 atom stereocenters. The molecule has 0 aromatic heterocycles. The van der Waals surface area contributed by atoms with E-state index in [0.29, 0.717) is 13.2 Å². The molecular formula is C23H27NO2. The summed E-state index contributed by atoms with van der Waals surface area (Å²) < 4.78 is 11.3. The van der Waals surface area contributed by atoms with Crippen LogP contribution in [0.15, 0.2) is 54.6 Å². The zero-order valence-corrected chi connectivity index (χ0v) is 15.8. The highest BCUT2D eigenvalue weighted by Crippen LogP contribution is 2.33. The number of nitrogens with two attached hydrogens (primary N) is 1. The van der Waals surface area contributed by atoms with Crippen molar-refractivity contribution >= 4 is 10.8 Å². The van der Waals surface area contributed by atoms with Gasteiger partial charge in [0.05, 0.1) is 13.7 Å². The standard InChI is InChI=1S/C23H27NO2/c1-4-26-22-11-10-18(13-16(22)2)19(15-24)14-21-20-8-6-5-7-17(20)9-12-23(21)25-3/h5-13,19H,4,14-15,24H2,1-3H3. The number of fused-ring (bicyclic) bond motifs is 1. The highest BCUT2D eigenvalue weighted by Gasteiger charge is 2.17. The molecule has 0 fully saturated rings. The minimum Gasteiger partial charge on any atom is -0.496 e. The Labute approximate surface area is 155 Å². The summed E-state index contributed by atoms with van der Waals surface area (Å²) in [6, 6.07) is 19.0. The molecule has 3 nitrogen and oxygen atoms in total. The van der Waals surface area contributed by atoms with Crippen LogP contribution < -0.4 is 15.2 Å². The van der Waals surface area contributed by atoms with Crippen LogP contribution in [0, 0.1) is 6.92 Å². The maximum absolute atomic E-state index is 6.16. The van der Waals surface area contributed by atoms with Crippen molar-refractivity contribution < 1.29 is 9.47 Å². The molecule has 2 N–H and O–H groups in total. The molecule has 0 aliphatic rings. The molecule has 0 aliphatic heterocycles. The Hall–Kier alpha value is -2.52. The Morgan fingerprint density at radius 2 is 1.77 bits per heavy atom. The summed E-state index contributed by atoms with van der Waals surface area (Å²) >= 11 is 0. The van der Waals surface area contributed by atoms with E-state index in [1.165, 1.54) is 21.9 Å². The fourth-order valence-corrected chi connectivity index (χ4v) is 3.55. The normalized spacial score (nSPS) is 12.2. The van der Waals surface area contributed by atoms with Crippen molar-refractivity contribution in [3.05, 3.63) is 71.3 Å². The first kappa shape index (κ1) is 18.3. The average Bonchev–Trinajstić information content (AvgIpc) is 2.67. The minimum atomic E-state index is 0.226. The predicted octanol–water partition coefficient (Wildman–Crippen LogP) is 4.84. The van der Waals surface area contributed by atoms with Gasteiger partial charge in [0.25, 0.3) is 0 Å². The Morgan fingerprint density at radius 1 is 1.00 bits per heavy atom. The molecule has 1 unspecified atom stereocenters. The van der Waals surface area contributed by atoms with Crippen LogP contribution >= 0.6 is 0 Å². The second-order valence-corrected chi connectivity index (χ2v) is 6.56. The van der Waals surface area contributed by atoms with Crippen molar-refractivity contribution in [3.63, 3.8) is 0 Å². The number of hydrogen-bond acceptors (Lipinski definition) is 3. The third-order valence-electron chi connectivity index (χ3n) is 4.92. The lowest BCUT2D eigenvalue weighted by Gasteiger charge is -2.20. The largest absolute Gasteiger partial charge is 0.496 e. The average molecular weight is 349 g/mol. The van der Waals surface area contributed by atoms with Crippen LogP contribution in [0.3, 0.4) is 0 Å². The zero-order valence-electron chi connectivity index (χ0n) is 15.8. The number of aryl methyl sites for hydroxylation is 1. The molecule has 136 valence electrons. The van der Waals surface area contributed by atoms with Gasteiger partial charge < -0.3 is 15.2 Å². The van der Waals surface area contributed by atoms with Gasteiger partial charge in [0, 0.05) is 11.5 Å². The Kier molecular flexibility index (Phi) is 5.79.